The zero-order valence-corrected chi connectivity index (χ0v) is 20.2. The molecule has 3 heterocycles. The normalized spacial score (nSPS) is 17.6. The molecule has 0 aromatic carbocycles. The van der Waals surface area contributed by atoms with Gasteiger partial charge in [-0.25, -0.2) is 18.8 Å². The number of carbonyl (C=O) groups excluding carboxylic acids is 1. The Hall–Kier alpha value is -2.50. The SMILES string of the molecule is CCc1cc(C(C)C)c(NC(=O)N=S(N)(=O)c2cnn3c2OCC(OC)C3)c(C(C)C)n1. The summed E-state index contributed by atoms with van der Waals surface area (Å²) in [6, 6.07) is 1.18. The predicted molar refractivity (Wildman–Crippen MR) is 122 cm³/mol. The van der Waals surface area contributed by atoms with Crippen LogP contribution in [0.1, 0.15) is 63.4 Å². The van der Waals surface area contributed by atoms with E-state index in [1.807, 2.05) is 40.7 Å². The largest absolute Gasteiger partial charge is 0.474 e. The third-order valence-corrected chi connectivity index (χ3v) is 6.65. The van der Waals surface area contributed by atoms with E-state index in [2.05, 4.69) is 14.8 Å². The van der Waals surface area contributed by atoms with Crippen molar-refractivity contribution >= 4 is 21.6 Å². The van der Waals surface area contributed by atoms with E-state index in [4.69, 9.17) is 19.6 Å². The van der Waals surface area contributed by atoms with Crippen LogP contribution >= 0.6 is 0 Å². The monoisotopic (exact) mass is 464 g/mol. The first-order valence-electron chi connectivity index (χ1n) is 10.7. The Morgan fingerprint density at radius 3 is 2.72 bits per heavy atom. The molecular formula is C21H32N6O4S. The van der Waals surface area contributed by atoms with E-state index in [0.29, 0.717) is 12.2 Å². The van der Waals surface area contributed by atoms with Crippen LogP contribution in [0.25, 0.3) is 0 Å². The van der Waals surface area contributed by atoms with Gasteiger partial charge in [-0.3, -0.25) is 4.98 Å². The van der Waals surface area contributed by atoms with Crippen LogP contribution in [0.2, 0.25) is 0 Å². The maximum absolute atomic E-state index is 13.2. The van der Waals surface area contributed by atoms with Crippen molar-refractivity contribution in [3.63, 3.8) is 0 Å². The number of hydrogen-bond acceptors (Lipinski definition) is 6. The smallest absolute Gasteiger partial charge is 0.354 e. The van der Waals surface area contributed by atoms with E-state index in [0.717, 1.165) is 23.4 Å². The number of nitrogens with zero attached hydrogens (tertiary/aromatic N) is 4. The van der Waals surface area contributed by atoms with E-state index in [1.54, 1.807) is 7.11 Å². The molecule has 2 aromatic rings. The third kappa shape index (κ3) is 4.94. The van der Waals surface area contributed by atoms with E-state index >= 15 is 0 Å². The number of ether oxygens (including phenoxy) is 2. The fourth-order valence-corrected chi connectivity index (χ4v) is 4.53. The second-order valence-corrected chi connectivity index (χ2v) is 10.1. The lowest BCUT2D eigenvalue weighted by Crippen LogP contribution is -2.32. The number of nitrogens with one attached hydrogen (secondary N) is 1. The molecule has 32 heavy (non-hydrogen) atoms. The second kappa shape index (κ2) is 9.55. The van der Waals surface area contributed by atoms with Gasteiger partial charge >= 0.3 is 6.03 Å². The number of aryl methyl sites for hydroxylation is 1. The van der Waals surface area contributed by atoms with Gasteiger partial charge < -0.3 is 14.8 Å². The standard InChI is InChI=1S/C21H32N6O4S/c1-7-14-8-16(12(2)3)19(18(24-14)13(4)5)25-21(28)26-32(22,29)17-9-23-27-10-15(30-6)11-31-20(17)27/h8-9,12-13,15H,7,10-11H2,1-6H3,(H3,22,25,26,28,29). The summed E-state index contributed by atoms with van der Waals surface area (Å²) in [4.78, 5) is 17.6. The highest BCUT2D eigenvalue weighted by molar-refractivity contribution is 7.91. The first-order valence-corrected chi connectivity index (χ1v) is 12.3. The molecule has 2 aromatic heterocycles. The quantitative estimate of drug-likeness (QED) is 0.673. The van der Waals surface area contributed by atoms with Crippen LogP contribution in [-0.2, 0) is 27.6 Å². The van der Waals surface area contributed by atoms with E-state index in [1.165, 1.54) is 10.9 Å². The molecule has 0 bridgehead atoms. The third-order valence-electron chi connectivity index (χ3n) is 5.30. The number of fused-ring (bicyclic) bond motifs is 1. The van der Waals surface area contributed by atoms with Crippen molar-refractivity contribution in [2.75, 3.05) is 19.0 Å². The lowest BCUT2D eigenvalue weighted by atomic mass is 9.95. The van der Waals surface area contributed by atoms with E-state index < -0.39 is 15.9 Å². The molecule has 11 heteroatoms. The lowest BCUT2D eigenvalue weighted by Gasteiger charge is -2.23. The zero-order valence-electron chi connectivity index (χ0n) is 19.4. The summed E-state index contributed by atoms with van der Waals surface area (Å²) in [5, 5.41) is 12.9. The van der Waals surface area contributed by atoms with Gasteiger partial charge in [0.2, 0.25) is 5.88 Å². The molecule has 0 aliphatic carbocycles. The molecule has 1 aliphatic rings. The number of rotatable bonds is 6. The highest BCUT2D eigenvalue weighted by atomic mass is 32.2. The molecule has 3 rings (SSSR count). The van der Waals surface area contributed by atoms with Gasteiger partial charge in [-0.2, -0.15) is 5.10 Å². The first kappa shape index (κ1) is 24.1. The van der Waals surface area contributed by atoms with Gasteiger partial charge in [0.25, 0.3) is 0 Å². The molecule has 10 nitrogen and oxygen atoms in total. The Labute approximate surface area is 189 Å². The molecule has 0 fully saturated rings. The van der Waals surface area contributed by atoms with Crippen molar-refractivity contribution in [2.45, 2.75) is 70.4 Å². The summed E-state index contributed by atoms with van der Waals surface area (Å²) >= 11 is 0. The predicted octanol–water partition coefficient (Wildman–Crippen LogP) is 3.43. The van der Waals surface area contributed by atoms with Crippen LogP contribution in [0.3, 0.4) is 0 Å². The van der Waals surface area contributed by atoms with Gasteiger partial charge in [-0.05, 0) is 29.9 Å². The van der Waals surface area contributed by atoms with Crippen molar-refractivity contribution < 1.29 is 18.5 Å². The highest BCUT2D eigenvalue weighted by Gasteiger charge is 2.28. The van der Waals surface area contributed by atoms with Gasteiger partial charge in [-0.1, -0.05) is 34.6 Å². The van der Waals surface area contributed by atoms with Crippen LogP contribution in [0.5, 0.6) is 5.88 Å². The number of aromatic nitrogens is 3. The van der Waals surface area contributed by atoms with Crippen molar-refractivity contribution in [2.24, 2.45) is 9.50 Å². The van der Waals surface area contributed by atoms with Crippen molar-refractivity contribution in [3.05, 3.63) is 29.2 Å². The maximum Gasteiger partial charge on any atom is 0.354 e. The molecule has 3 N–H and O–H groups in total. The summed E-state index contributed by atoms with van der Waals surface area (Å²) in [6.07, 6.45) is 1.93. The Kier molecular flexibility index (Phi) is 7.21. The van der Waals surface area contributed by atoms with Crippen LogP contribution in [0.4, 0.5) is 10.5 Å². The summed E-state index contributed by atoms with van der Waals surface area (Å²) in [5.41, 5.74) is 3.25. The Morgan fingerprint density at radius 1 is 1.41 bits per heavy atom. The van der Waals surface area contributed by atoms with Gasteiger partial charge in [0, 0.05) is 12.8 Å². The van der Waals surface area contributed by atoms with Crippen molar-refractivity contribution in [1.29, 1.82) is 0 Å². The minimum Gasteiger partial charge on any atom is -0.474 e. The first-order chi connectivity index (χ1) is 15.1. The number of carbonyl (C=O) groups is 1. The van der Waals surface area contributed by atoms with Gasteiger partial charge in [0.1, 0.15) is 17.6 Å². The fraction of sp³-hybridized carbons (Fsp3) is 0.571. The van der Waals surface area contributed by atoms with Crippen molar-refractivity contribution in [3.8, 4) is 5.88 Å². The van der Waals surface area contributed by atoms with Gasteiger partial charge in [0.05, 0.1) is 24.1 Å². The Bertz CT molecular complexity index is 1090. The maximum atomic E-state index is 13.2. The average Bonchev–Trinajstić information content (AvgIpc) is 3.17. The number of amides is 2. The highest BCUT2D eigenvalue weighted by Crippen LogP contribution is 2.33. The molecule has 2 unspecified atom stereocenters. The van der Waals surface area contributed by atoms with E-state index in [9.17, 15) is 9.00 Å². The summed E-state index contributed by atoms with van der Waals surface area (Å²) in [6.45, 7) is 10.8. The summed E-state index contributed by atoms with van der Waals surface area (Å²) in [5.74, 6) is 0.451. The average molecular weight is 465 g/mol. The number of urea groups is 1. The van der Waals surface area contributed by atoms with Crippen LogP contribution in [0.15, 0.2) is 21.5 Å². The number of nitrogens with two attached hydrogens (primary N) is 1. The fourth-order valence-electron chi connectivity index (χ4n) is 3.53. The molecule has 1 aliphatic heterocycles. The van der Waals surface area contributed by atoms with E-state index in [-0.39, 0.29) is 35.3 Å². The van der Waals surface area contributed by atoms with Gasteiger partial charge in [0.15, 0.2) is 9.92 Å². The second-order valence-electron chi connectivity index (χ2n) is 8.38. The van der Waals surface area contributed by atoms with Gasteiger partial charge in [-0.15, -0.1) is 4.36 Å². The zero-order chi connectivity index (χ0) is 23.6. The Morgan fingerprint density at radius 2 is 2.12 bits per heavy atom. The number of anilines is 1. The molecular weight excluding hydrogens is 432 g/mol. The van der Waals surface area contributed by atoms with Crippen molar-refractivity contribution in [1.82, 2.24) is 14.8 Å². The molecule has 0 saturated carbocycles. The lowest BCUT2D eigenvalue weighted by molar-refractivity contribution is 0.0165. The molecule has 0 spiro atoms. The van der Waals surface area contributed by atoms with Crippen LogP contribution in [0, 0.1) is 0 Å². The number of methoxy groups -OCH3 is 1. The molecule has 2 atom stereocenters. The minimum absolute atomic E-state index is 0.0707. The van der Waals surface area contributed by atoms with Crippen LogP contribution < -0.4 is 15.2 Å². The Balaban J connectivity index is 1.96. The molecule has 0 saturated heterocycles. The molecule has 176 valence electrons. The number of hydrogen-bond donors (Lipinski definition) is 2. The minimum atomic E-state index is -3.59. The molecule has 0 radical (unpaired) electrons. The summed E-state index contributed by atoms with van der Waals surface area (Å²) < 4.78 is 29.4. The van der Waals surface area contributed by atoms with Crippen LogP contribution in [-0.4, -0.2) is 44.8 Å². The molecule has 2 amide bonds. The topological polar surface area (TPSA) is 134 Å². The number of pyridine rings is 1. The summed E-state index contributed by atoms with van der Waals surface area (Å²) in [7, 11) is -2.01.